The summed E-state index contributed by atoms with van der Waals surface area (Å²) < 4.78 is 21.3. The number of rotatable bonds is 10. The molecule has 182 valence electrons. The lowest BCUT2D eigenvalue weighted by Crippen LogP contribution is -2.48. The highest BCUT2D eigenvalue weighted by molar-refractivity contribution is 8.01. The number of fused-ring (bicyclic) bond motifs is 1. The molecule has 2 N–H and O–H groups in total. The number of carbonyl (C=O) groups excluding carboxylic acids is 1. The van der Waals surface area contributed by atoms with Crippen LogP contribution < -0.4 is 10.2 Å². The van der Waals surface area contributed by atoms with Crippen molar-refractivity contribution in [2.24, 2.45) is 5.41 Å². The molecule has 1 amide bonds. The molecule has 34 heavy (non-hydrogen) atoms. The Morgan fingerprint density at radius 1 is 1.35 bits per heavy atom. The molecule has 1 saturated heterocycles. The summed E-state index contributed by atoms with van der Waals surface area (Å²) in [6.45, 7) is 2.58. The third kappa shape index (κ3) is 5.71. The third-order valence-electron chi connectivity index (χ3n) is 6.76. The summed E-state index contributed by atoms with van der Waals surface area (Å²) in [5.74, 6) is 0.987. The fourth-order valence-electron chi connectivity index (χ4n) is 4.72. The number of halogens is 1. The van der Waals surface area contributed by atoms with Gasteiger partial charge in [-0.05, 0) is 80.4 Å². The van der Waals surface area contributed by atoms with Gasteiger partial charge in [0, 0.05) is 17.7 Å². The Morgan fingerprint density at radius 3 is 2.88 bits per heavy atom. The van der Waals surface area contributed by atoms with E-state index in [-0.39, 0.29) is 11.7 Å². The maximum absolute atomic E-state index is 14.7. The molecule has 9 heteroatoms. The lowest BCUT2D eigenvalue weighted by atomic mass is 9.73. The number of piperidine rings is 1. The predicted molar refractivity (Wildman–Crippen MR) is 134 cm³/mol. The molecule has 0 atom stereocenters. The molecular weight excluding hydrogens is 473 g/mol. The second-order valence-electron chi connectivity index (χ2n) is 8.66. The molecule has 4 rings (SSSR count). The van der Waals surface area contributed by atoms with Crippen LogP contribution in [0, 0.1) is 11.2 Å². The molecule has 3 heterocycles. The van der Waals surface area contributed by atoms with Gasteiger partial charge in [0.1, 0.15) is 11.6 Å². The molecule has 0 saturated carbocycles. The number of hydrogen-bond acceptors (Lipinski definition) is 7. The minimum Gasteiger partial charge on any atom is -0.497 e. The normalized spacial score (nSPS) is 16.0. The monoisotopic (exact) mass is 503 g/mol. The zero-order valence-corrected chi connectivity index (χ0v) is 20.9. The van der Waals surface area contributed by atoms with Gasteiger partial charge in [-0.25, -0.2) is 9.87 Å². The summed E-state index contributed by atoms with van der Waals surface area (Å²) >= 11 is 3.61. The number of amides is 1. The molecule has 0 bridgehead atoms. The Bertz CT molecular complexity index is 1100. The highest BCUT2D eigenvalue weighted by Crippen LogP contribution is 2.38. The number of thioether (sulfide) groups is 1. The van der Waals surface area contributed by atoms with Crippen LogP contribution in [0.15, 0.2) is 46.1 Å². The number of nitrogens with zero attached hydrogens (tertiary/aromatic N) is 2. The maximum Gasteiger partial charge on any atom is 0.249 e. The molecule has 1 aliphatic heterocycles. The molecular formula is C25H30FN3O3S2. The lowest BCUT2D eigenvalue weighted by Gasteiger charge is -2.40. The van der Waals surface area contributed by atoms with Crippen LogP contribution in [-0.2, 0) is 11.2 Å². The second-order valence-corrected chi connectivity index (χ2v) is 11.0. The third-order valence-corrected chi connectivity index (χ3v) is 8.87. The summed E-state index contributed by atoms with van der Waals surface area (Å²) in [6, 6.07) is 9.64. The van der Waals surface area contributed by atoms with Gasteiger partial charge < -0.3 is 9.64 Å². The number of likely N-dealkylation sites (tertiary alicyclic amines) is 1. The summed E-state index contributed by atoms with van der Waals surface area (Å²) in [5.41, 5.74) is 2.57. The predicted octanol–water partition coefficient (Wildman–Crippen LogP) is 5.15. The van der Waals surface area contributed by atoms with Crippen molar-refractivity contribution in [1.82, 2.24) is 15.4 Å². The number of pyridine rings is 1. The van der Waals surface area contributed by atoms with Crippen LogP contribution in [-0.4, -0.2) is 53.5 Å². The first kappa shape index (κ1) is 24.9. The van der Waals surface area contributed by atoms with Crippen LogP contribution in [0.3, 0.4) is 0 Å². The average Bonchev–Trinajstić information content (AvgIpc) is 3.39. The molecule has 0 aliphatic carbocycles. The zero-order valence-electron chi connectivity index (χ0n) is 19.3. The number of methoxy groups -OCH3 is 1. The number of hydrogen-bond donors (Lipinski definition) is 2. The van der Waals surface area contributed by atoms with E-state index in [2.05, 4.69) is 27.4 Å². The Labute approximate surface area is 207 Å². The number of carbonyl (C=O) groups is 1. The molecule has 2 aromatic heterocycles. The SMILES string of the molecule is COc1ccc2ncc(F)c(CCCC3(C(=O)NO)CCN(CCSc4cccs4)CC3)c2c1. The summed E-state index contributed by atoms with van der Waals surface area (Å²) in [7, 11) is 1.58. The maximum atomic E-state index is 14.7. The van der Waals surface area contributed by atoms with Crippen LogP contribution in [0.2, 0.25) is 0 Å². The first-order valence-corrected chi connectivity index (χ1v) is 13.4. The number of aromatic nitrogens is 1. The van der Waals surface area contributed by atoms with Gasteiger partial charge in [0.15, 0.2) is 0 Å². The fourth-order valence-corrected chi connectivity index (χ4v) is 6.58. The Kier molecular flexibility index (Phi) is 8.41. The minimum absolute atomic E-state index is 0.332. The van der Waals surface area contributed by atoms with Crippen LogP contribution >= 0.6 is 23.1 Å². The van der Waals surface area contributed by atoms with Gasteiger partial charge in [-0.1, -0.05) is 6.07 Å². The minimum atomic E-state index is -0.636. The van der Waals surface area contributed by atoms with E-state index in [1.54, 1.807) is 18.4 Å². The van der Waals surface area contributed by atoms with Gasteiger partial charge >= 0.3 is 0 Å². The largest absolute Gasteiger partial charge is 0.497 e. The van der Waals surface area contributed by atoms with Crippen molar-refractivity contribution in [2.45, 2.75) is 36.3 Å². The molecule has 0 unspecified atom stereocenters. The summed E-state index contributed by atoms with van der Waals surface area (Å²) in [4.78, 5) is 19.3. The van der Waals surface area contributed by atoms with E-state index in [1.165, 1.54) is 10.4 Å². The van der Waals surface area contributed by atoms with E-state index < -0.39 is 5.41 Å². The van der Waals surface area contributed by atoms with E-state index in [0.717, 1.165) is 30.8 Å². The standard InChI is InChI=1S/C25H30FN3O3S2/c1-32-18-6-7-22-20(16-18)19(21(26)17-27-22)4-2-8-25(24(30)28-31)9-11-29(12-10-25)13-15-34-23-5-3-14-33-23/h3,5-7,14,16-17,31H,2,4,8-13,15H2,1H3,(H,28,30). The molecule has 3 aromatic rings. The zero-order chi connectivity index (χ0) is 24.0. The highest BCUT2D eigenvalue weighted by Gasteiger charge is 2.40. The molecule has 0 spiro atoms. The van der Waals surface area contributed by atoms with Gasteiger partial charge in [0.05, 0.1) is 28.4 Å². The fraction of sp³-hybridized carbons (Fsp3) is 0.440. The van der Waals surface area contributed by atoms with Gasteiger partial charge in [-0.3, -0.25) is 15.0 Å². The van der Waals surface area contributed by atoms with Crippen molar-refractivity contribution in [3.63, 3.8) is 0 Å². The van der Waals surface area contributed by atoms with Gasteiger partial charge in [-0.15, -0.1) is 23.1 Å². The number of ether oxygens (including phenoxy) is 1. The highest BCUT2D eigenvalue weighted by atomic mass is 32.2. The Balaban J connectivity index is 1.37. The Morgan fingerprint density at radius 2 is 2.18 bits per heavy atom. The van der Waals surface area contributed by atoms with Crippen molar-refractivity contribution in [2.75, 3.05) is 32.5 Å². The lowest BCUT2D eigenvalue weighted by molar-refractivity contribution is -0.143. The molecule has 0 radical (unpaired) electrons. The number of benzene rings is 1. The van der Waals surface area contributed by atoms with Gasteiger partial charge in [0.25, 0.3) is 0 Å². The van der Waals surface area contributed by atoms with Crippen LogP contribution in [0.1, 0.15) is 31.2 Å². The van der Waals surface area contributed by atoms with Crippen molar-refractivity contribution in [1.29, 1.82) is 0 Å². The van der Waals surface area contributed by atoms with E-state index in [0.29, 0.717) is 48.9 Å². The number of hydroxylamine groups is 1. The van der Waals surface area contributed by atoms with Crippen LogP contribution in [0.5, 0.6) is 5.75 Å². The first-order chi connectivity index (χ1) is 16.5. The van der Waals surface area contributed by atoms with Crippen molar-refractivity contribution >= 4 is 39.9 Å². The Hall–Kier alpha value is -2.20. The van der Waals surface area contributed by atoms with E-state index in [9.17, 15) is 14.4 Å². The molecule has 1 aromatic carbocycles. The number of aryl methyl sites for hydroxylation is 1. The first-order valence-electron chi connectivity index (χ1n) is 11.5. The van der Waals surface area contributed by atoms with Crippen LogP contribution in [0.25, 0.3) is 10.9 Å². The molecule has 1 fully saturated rings. The van der Waals surface area contributed by atoms with E-state index >= 15 is 0 Å². The summed E-state index contributed by atoms with van der Waals surface area (Å²) in [6.07, 6.45) is 4.32. The topological polar surface area (TPSA) is 74.7 Å². The van der Waals surface area contributed by atoms with E-state index in [1.807, 2.05) is 35.4 Å². The van der Waals surface area contributed by atoms with E-state index in [4.69, 9.17) is 4.74 Å². The van der Waals surface area contributed by atoms with Gasteiger partial charge in [0.2, 0.25) is 5.91 Å². The van der Waals surface area contributed by atoms with Crippen LogP contribution in [0.4, 0.5) is 4.39 Å². The van der Waals surface area contributed by atoms with Crippen molar-refractivity contribution in [3.8, 4) is 5.75 Å². The molecule has 1 aliphatic rings. The van der Waals surface area contributed by atoms with Crippen molar-refractivity contribution in [3.05, 3.63) is 53.3 Å². The number of nitrogens with one attached hydrogen (secondary N) is 1. The smallest absolute Gasteiger partial charge is 0.249 e. The average molecular weight is 504 g/mol. The molecule has 6 nitrogen and oxygen atoms in total. The quantitative estimate of drug-likeness (QED) is 0.227. The number of thiophene rings is 1. The van der Waals surface area contributed by atoms with Crippen molar-refractivity contribution < 1.29 is 19.1 Å². The summed E-state index contributed by atoms with van der Waals surface area (Å²) in [5, 5.41) is 12.2. The van der Waals surface area contributed by atoms with Gasteiger partial charge in [-0.2, -0.15) is 0 Å². The second kappa shape index (κ2) is 11.5.